The minimum absolute atomic E-state index is 0.146. The molecule has 0 bridgehead atoms. The Labute approximate surface area is 221 Å². The number of nitrogens with one attached hydrogen (secondary N) is 2. The zero-order valence-corrected chi connectivity index (χ0v) is 21.5. The van der Waals surface area contributed by atoms with Crippen LogP contribution < -0.4 is 16.0 Å². The fraction of sp³-hybridized carbons (Fsp3) is 0.276. The summed E-state index contributed by atoms with van der Waals surface area (Å²) in [5, 5.41) is 29.6. The Bertz CT molecular complexity index is 1530. The van der Waals surface area contributed by atoms with E-state index in [1.165, 1.54) is 18.7 Å². The van der Waals surface area contributed by atoms with Crippen LogP contribution in [0.1, 0.15) is 65.4 Å². The van der Waals surface area contributed by atoms with Gasteiger partial charge >= 0.3 is 0 Å². The molecule has 1 amide bonds. The van der Waals surface area contributed by atoms with E-state index in [2.05, 4.69) is 22.4 Å². The highest BCUT2D eigenvalue weighted by Crippen LogP contribution is 2.39. The van der Waals surface area contributed by atoms with Gasteiger partial charge in [0, 0.05) is 17.7 Å². The number of carbonyl (C=O) groups is 1. The van der Waals surface area contributed by atoms with Gasteiger partial charge in [0.25, 0.3) is 5.91 Å². The van der Waals surface area contributed by atoms with Crippen LogP contribution in [0.15, 0.2) is 42.5 Å². The van der Waals surface area contributed by atoms with Gasteiger partial charge in [0.15, 0.2) is 0 Å². The van der Waals surface area contributed by atoms with Crippen LogP contribution in [0.2, 0.25) is 0 Å². The fourth-order valence-electron chi connectivity index (χ4n) is 4.62. The Morgan fingerprint density at radius 3 is 2.61 bits per heavy atom. The number of alkyl halides is 1. The van der Waals surface area contributed by atoms with Crippen LogP contribution in [0, 0.1) is 28.1 Å². The molecule has 8 nitrogen and oxygen atoms in total. The number of hydrogen-bond donors (Lipinski definition) is 3. The molecule has 0 radical (unpaired) electrons. The summed E-state index contributed by atoms with van der Waals surface area (Å²) in [6.45, 7) is 5.40. The zero-order chi connectivity index (χ0) is 27.6. The summed E-state index contributed by atoms with van der Waals surface area (Å²) in [5.74, 6) is 0.272. The Kier molecular flexibility index (Phi) is 7.14. The number of aromatic nitrogens is 1. The molecule has 1 aliphatic heterocycles. The van der Waals surface area contributed by atoms with E-state index in [0.29, 0.717) is 63.5 Å². The number of amidine groups is 1. The van der Waals surface area contributed by atoms with Crippen LogP contribution in [-0.4, -0.2) is 23.3 Å². The lowest BCUT2D eigenvalue weighted by Crippen LogP contribution is -2.24. The standard InChI is InChI=1S/C29H28FN7O/c1-4-17-10-22-23(24(12-17)29(2,3)30)16-37(28(22)38)26-14-19(13-25(36-26)35-9-5-8-31)21-11-18(15-32)6-7-20(21)27(33)34/h6-7,10-14H,4-5,9,16H2,1-3H3,(H3,33,34)(H,35,36). The SMILES string of the molecule is CCc1cc2c(c(C(C)(C)F)c1)CN(c1cc(-c3cc(C#N)ccc3C(=N)N)cc(NCCC#N)n1)C2=O. The molecule has 1 aromatic heterocycles. The van der Waals surface area contributed by atoms with Gasteiger partial charge in [-0.2, -0.15) is 10.5 Å². The van der Waals surface area contributed by atoms with Crippen LogP contribution in [0.3, 0.4) is 0 Å². The van der Waals surface area contributed by atoms with Gasteiger partial charge in [0.2, 0.25) is 0 Å². The number of pyridine rings is 1. The molecule has 9 heteroatoms. The third-order valence-corrected chi connectivity index (χ3v) is 6.53. The molecule has 0 saturated carbocycles. The lowest BCUT2D eigenvalue weighted by atomic mass is 9.90. The summed E-state index contributed by atoms with van der Waals surface area (Å²) in [6, 6.07) is 16.1. The number of aryl methyl sites for hydroxylation is 1. The smallest absolute Gasteiger partial charge is 0.260 e. The van der Waals surface area contributed by atoms with Crippen molar-refractivity contribution in [3.63, 3.8) is 0 Å². The summed E-state index contributed by atoms with van der Waals surface area (Å²) < 4.78 is 15.2. The monoisotopic (exact) mass is 509 g/mol. The summed E-state index contributed by atoms with van der Waals surface area (Å²) in [7, 11) is 0. The quantitative estimate of drug-likeness (QED) is 0.217. The first-order valence-electron chi connectivity index (χ1n) is 12.3. The minimum atomic E-state index is -1.64. The lowest BCUT2D eigenvalue weighted by Gasteiger charge is -2.21. The molecule has 0 spiro atoms. The maximum Gasteiger partial charge on any atom is 0.260 e. The van der Waals surface area contributed by atoms with E-state index in [1.807, 2.05) is 19.1 Å². The molecule has 4 N–H and O–H groups in total. The van der Waals surface area contributed by atoms with Crippen LogP contribution in [-0.2, 0) is 18.6 Å². The van der Waals surface area contributed by atoms with Crippen molar-refractivity contribution in [2.75, 3.05) is 16.8 Å². The third kappa shape index (κ3) is 5.05. The molecule has 0 unspecified atom stereocenters. The Balaban J connectivity index is 1.88. The Hall–Kier alpha value is -4.76. The number of fused-ring (bicyclic) bond motifs is 1. The van der Waals surface area contributed by atoms with Crippen molar-refractivity contribution in [2.24, 2.45) is 5.73 Å². The van der Waals surface area contributed by atoms with Gasteiger partial charge in [0.1, 0.15) is 23.1 Å². The second-order valence-corrected chi connectivity index (χ2v) is 9.61. The van der Waals surface area contributed by atoms with Crippen molar-refractivity contribution < 1.29 is 9.18 Å². The number of nitrogens with two attached hydrogens (primary N) is 1. The lowest BCUT2D eigenvalue weighted by molar-refractivity contribution is 0.0996. The maximum atomic E-state index is 15.2. The number of hydrogen-bond acceptors (Lipinski definition) is 6. The molecule has 38 heavy (non-hydrogen) atoms. The first-order valence-corrected chi connectivity index (χ1v) is 12.3. The van der Waals surface area contributed by atoms with Crippen molar-refractivity contribution in [1.82, 2.24) is 4.98 Å². The molecule has 0 atom stereocenters. The Morgan fingerprint density at radius 2 is 1.97 bits per heavy atom. The first-order chi connectivity index (χ1) is 18.1. The number of halogens is 1. The van der Waals surface area contributed by atoms with Gasteiger partial charge in [-0.3, -0.25) is 15.1 Å². The normalized spacial score (nSPS) is 12.6. The van der Waals surface area contributed by atoms with Gasteiger partial charge in [0.05, 0.1) is 30.7 Å². The average molecular weight is 510 g/mol. The number of amides is 1. The molecular weight excluding hydrogens is 481 g/mol. The van der Waals surface area contributed by atoms with Gasteiger partial charge in [-0.05, 0) is 84.5 Å². The molecule has 2 heterocycles. The van der Waals surface area contributed by atoms with Crippen molar-refractivity contribution in [3.05, 3.63) is 75.8 Å². The summed E-state index contributed by atoms with van der Waals surface area (Å²) in [4.78, 5) is 19.8. The molecule has 0 aliphatic carbocycles. The van der Waals surface area contributed by atoms with E-state index >= 15 is 4.39 Å². The van der Waals surface area contributed by atoms with Gasteiger partial charge in [-0.15, -0.1) is 0 Å². The highest BCUT2D eigenvalue weighted by Gasteiger charge is 2.36. The first kappa shape index (κ1) is 26.3. The molecule has 192 valence electrons. The second-order valence-electron chi connectivity index (χ2n) is 9.61. The van der Waals surface area contributed by atoms with Crippen LogP contribution in [0.5, 0.6) is 0 Å². The molecular formula is C29H28FN7O. The van der Waals surface area contributed by atoms with Crippen molar-refractivity contribution in [3.8, 4) is 23.3 Å². The molecule has 0 fully saturated rings. The number of nitriles is 2. The number of benzene rings is 2. The summed E-state index contributed by atoms with van der Waals surface area (Å²) in [5.41, 5.74) is 8.55. The predicted molar refractivity (Wildman–Crippen MR) is 145 cm³/mol. The minimum Gasteiger partial charge on any atom is -0.384 e. The highest BCUT2D eigenvalue weighted by molar-refractivity contribution is 6.10. The van der Waals surface area contributed by atoms with Gasteiger partial charge in [-0.25, -0.2) is 9.37 Å². The van der Waals surface area contributed by atoms with Crippen LogP contribution in [0.4, 0.5) is 16.0 Å². The molecule has 4 rings (SSSR count). The average Bonchev–Trinajstić information content (AvgIpc) is 3.23. The topological polar surface area (TPSA) is 143 Å². The third-order valence-electron chi connectivity index (χ3n) is 6.53. The van der Waals surface area contributed by atoms with Crippen molar-refractivity contribution >= 4 is 23.4 Å². The van der Waals surface area contributed by atoms with Crippen molar-refractivity contribution in [2.45, 2.75) is 45.8 Å². The van der Waals surface area contributed by atoms with E-state index in [1.54, 1.807) is 30.3 Å². The highest BCUT2D eigenvalue weighted by atomic mass is 19.1. The molecule has 2 aromatic carbocycles. The number of carbonyl (C=O) groups excluding carboxylic acids is 1. The number of anilines is 2. The number of rotatable bonds is 8. The van der Waals surface area contributed by atoms with E-state index in [9.17, 15) is 10.1 Å². The summed E-state index contributed by atoms with van der Waals surface area (Å²) in [6.07, 6.45) is 0.903. The van der Waals surface area contributed by atoms with Gasteiger partial charge in [-0.1, -0.05) is 13.0 Å². The molecule has 3 aromatic rings. The number of nitrogens with zero attached hydrogens (tertiary/aromatic N) is 4. The summed E-state index contributed by atoms with van der Waals surface area (Å²) >= 11 is 0. The van der Waals surface area contributed by atoms with E-state index in [-0.39, 0.29) is 24.7 Å². The fourth-order valence-corrected chi connectivity index (χ4v) is 4.62. The molecule has 1 aliphatic rings. The van der Waals surface area contributed by atoms with Crippen LogP contribution >= 0.6 is 0 Å². The van der Waals surface area contributed by atoms with Crippen molar-refractivity contribution in [1.29, 1.82) is 15.9 Å². The van der Waals surface area contributed by atoms with Gasteiger partial charge < -0.3 is 11.1 Å². The maximum absolute atomic E-state index is 15.2. The number of nitrogen functional groups attached to an aromatic ring is 1. The largest absolute Gasteiger partial charge is 0.384 e. The van der Waals surface area contributed by atoms with Crippen LogP contribution in [0.25, 0.3) is 11.1 Å². The second kappa shape index (κ2) is 10.3. The van der Waals surface area contributed by atoms with E-state index in [4.69, 9.17) is 16.4 Å². The predicted octanol–water partition coefficient (Wildman–Crippen LogP) is 5.16. The Morgan fingerprint density at radius 1 is 1.21 bits per heavy atom. The van der Waals surface area contributed by atoms with E-state index < -0.39 is 5.67 Å². The molecule has 0 saturated heterocycles. The zero-order valence-electron chi connectivity index (χ0n) is 21.5. The van der Waals surface area contributed by atoms with E-state index in [0.717, 1.165) is 5.56 Å².